The standard InChI is InChI=1S/C15H26N2O/c1-3-5-12(2)15(18)17-10-7-13(8-11-17)14-6-4-9-16-14/h5,13-14,16H,3-4,6-11H2,1-2H3. The molecular formula is C15H26N2O. The van der Waals surface area contributed by atoms with E-state index in [0.717, 1.165) is 37.0 Å². The molecule has 1 atom stereocenters. The number of nitrogens with one attached hydrogen (secondary N) is 1. The highest BCUT2D eigenvalue weighted by Crippen LogP contribution is 2.26. The van der Waals surface area contributed by atoms with Crippen molar-refractivity contribution in [1.29, 1.82) is 0 Å². The summed E-state index contributed by atoms with van der Waals surface area (Å²) in [4.78, 5) is 14.2. The quantitative estimate of drug-likeness (QED) is 0.780. The van der Waals surface area contributed by atoms with Gasteiger partial charge in [0, 0.05) is 24.7 Å². The Balaban J connectivity index is 1.82. The van der Waals surface area contributed by atoms with Crippen molar-refractivity contribution in [3.63, 3.8) is 0 Å². The smallest absolute Gasteiger partial charge is 0.249 e. The molecule has 3 nitrogen and oxygen atoms in total. The first-order valence-electron chi connectivity index (χ1n) is 7.41. The summed E-state index contributed by atoms with van der Waals surface area (Å²) in [5, 5.41) is 3.60. The van der Waals surface area contributed by atoms with E-state index in [0.29, 0.717) is 0 Å². The maximum absolute atomic E-state index is 12.2. The number of hydrogen-bond acceptors (Lipinski definition) is 2. The average molecular weight is 250 g/mol. The molecule has 3 heteroatoms. The van der Waals surface area contributed by atoms with E-state index >= 15 is 0 Å². The van der Waals surface area contributed by atoms with Crippen LogP contribution in [0.15, 0.2) is 11.6 Å². The van der Waals surface area contributed by atoms with E-state index in [9.17, 15) is 4.79 Å². The summed E-state index contributed by atoms with van der Waals surface area (Å²) in [5.41, 5.74) is 0.912. The van der Waals surface area contributed by atoms with Gasteiger partial charge in [0.1, 0.15) is 0 Å². The minimum atomic E-state index is 0.245. The lowest BCUT2D eigenvalue weighted by atomic mass is 9.88. The predicted octanol–water partition coefficient (Wildman–Crippen LogP) is 2.33. The van der Waals surface area contributed by atoms with E-state index in [2.05, 4.69) is 12.2 Å². The van der Waals surface area contributed by atoms with Crippen LogP contribution < -0.4 is 5.32 Å². The Morgan fingerprint density at radius 3 is 2.61 bits per heavy atom. The summed E-state index contributed by atoms with van der Waals surface area (Å²) in [6.45, 7) is 7.08. The summed E-state index contributed by atoms with van der Waals surface area (Å²) < 4.78 is 0. The fourth-order valence-corrected chi connectivity index (χ4v) is 3.26. The first kappa shape index (κ1) is 13.6. The lowest BCUT2D eigenvalue weighted by molar-refractivity contribution is -0.128. The summed E-state index contributed by atoms with van der Waals surface area (Å²) in [5.74, 6) is 1.03. The third-order valence-corrected chi connectivity index (χ3v) is 4.34. The number of hydrogen-bond donors (Lipinski definition) is 1. The summed E-state index contributed by atoms with van der Waals surface area (Å²) in [6.07, 6.45) is 7.97. The van der Waals surface area contributed by atoms with Gasteiger partial charge >= 0.3 is 0 Å². The molecule has 2 aliphatic rings. The normalized spacial score (nSPS) is 26.7. The van der Waals surface area contributed by atoms with Crippen molar-refractivity contribution in [3.8, 4) is 0 Å². The molecule has 0 spiro atoms. The average Bonchev–Trinajstić information content (AvgIpc) is 2.92. The maximum Gasteiger partial charge on any atom is 0.249 e. The molecule has 2 saturated heterocycles. The second-order valence-corrected chi connectivity index (χ2v) is 5.63. The SMILES string of the molecule is CCC=C(C)C(=O)N1CCC(C2CCCN2)CC1. The molecule has 0 aromatic carbocycles. The second-order valence-electron chi connectivity index (χ2n) is 5.63. The van der Waals surface area contributed by atoms with Crippen molar-refractivity contribution in [2.75, 3.05) is 19.6 Å². The Hall–Kier alpha value is -0.830. The van der Waals surface area contributed by atoms with Gasteiger partial charge in [-0.2, -0.15) is 0 Å². The zero-order chi connectivity index (χ0) is 13.0. The first-order valence-corrected chi connectivity index (χ1v) is 7.41. The summed E-state index contributed by atoms with van der Waals surface area (Å²) in [6, 6.07) is 0.717. The van der Waals surface area contributed by atoms with Crippen LogP contribution >= 0.6 is 0 Å². The van der Waals surface area contributed by atoms with E-state index in [1.54, 1.807) is 0 Å². The molecule has 0 aromatic rings. The first-order chi connectivity index (χ1) is 8.72. The van der Waals surface area contributed by atoms with Crippen molar-refractivity contribution in [3.05, 3.63) is 11.6 Å². The van der Waals surface area contributed by atoms with Gasteiger partial charge in [0.25, 0.3) is 0 Å². The molecule has 2 rings (SSSR count). The molecule has 18 heavy (non-hydrogen) atoms. The van der Waals surface area contributed by atoms with Crippen LogP contribution in [0, 0.1) is 5.92 Å². The van der Waals surface area contributed by atoms with Crippen molar-refractivity contribution in [2.45, 2.75) is 52.0 Å². The molecule has 2 fully saturated rings. The molecule has 0 aromatic heterocycles. The minimum Gasteiger partial charge on any atom is -0.339 e. The maximum atomic E-state index is 12.2. The molecule has 0 radical (unpaired) electrons. The van der Waals surface area contributed by atoms with E-state index in [4.69, 9.17) is 0 Å². The van der Waals surface area contributed by atoms with Crippen molar-refractivity contribution in [1.82, 2.24) is 10.2 Å². The molecule has 0 saturated carbocycles. The summed E-state index contributed by atoms with van der Waals surface area (Å²) in [7, 11) is 0. The fraction of sp³-hybridized carbons (Fsp3) is 0.800. The molecule has 0 aliphatic carbocycles. The Morgan fingerprint density at radius 2 is 2.06 bits per heavy atom. The third-order valence-electron chi connectivity index (χ3n) is 4.34. The van der Waals surface area contributed by atoms with Crippen molar-refractivity contribution >= 4 is 5.91 Å². The summed E-state index contributed by atoms with van der Waals surface area (Å²) >= 11 is 0. The van der Waals surface area contributed by atoms with Crippen LogP contribution in [0.1, 0.15) is 46.0 Å². The van der Waals surface area contributed by atoms with Gasteiger partial charge in [-0.3, -0.25) is 4.79 Å². The van der Waals surface area contributed by atoms with Crippen LogP contribution in [0.2, 0.25) is 0 Å². The number of likely N-dealkylation sites (tertiary alicyclic amines) is 1. The van der Waals surface area contributed by atoms with E-state index in [-0.39, 0.29) is 5.91 Å². The van der Waals surface area contributed by atoms with Crippen LogP contribution in [0.5, 0.6) is 0 Å². The highest BCUT2D eigenvalue weighted by molar-refractivity contribution is 5.92. The number of nitrogens with zero attached hydrogens (tertiary/aromatic N) is 1. The van der Waals surface area contributed by atoms with Gasteiger partial charge in [-0.1, -0.05) is 13.0 Å². The molecule has 1 amide bonds. The molecule has 1 unspecified atom stereocenters. The van der Waals surface area contributed by atoms with Gasteiger partial charge in [-0.25, -0.2) is 0 Å². The number of carbonyl (C=O) groups excluding carboxylic acids is 1. The van der Waals surface area contributed by atoms with Crippen LogP contribution in [0.25, 0.3) is 0 Å². The van der Waals surface area contributed by atoms with Crippen LogP contribution in [-0.2, 0) is 4.79 Å². The fourth-order valence-electron chi connectivity index (χ4n) is 3.26. The number of carbonyl (C=O) groups is 1. The molecule has 2 aliphatic heterocycles. The number of amides is 1. The van der Waals surface area contributed by atoms with Crippen LogP contribution in [-0.4, -0.2) is 36.5 Å². The number of piperidine rings is 1. The Morgan fingerprint density at radius 1 is 1.33 bits per heavy atom. The highest BCUT2D eigenvalue weighted by Gasteiger charge is 2.29. The van der Waals surface area contributed by atoms with Crippen LogP contribution in [0.3, 0.4) is 0 Å². The zero-order valence-corrected chi connectivity index (χ0v) is 11.7. The lowest BCUT2D eigenvalue weighted by Crippen LogP contribution is -2.43. The van der Waals surface area contributed by atoms with E-state index in [1.807, 2.05) is 17.9 Å². The molecular weight excluding hydrogens is 224 g/mol. The highest BCUT2D eigenvalue weighted by atomic mass is 16.2. The Bertz CT molecular complexity index is 310. The van der Waals surface area contributed by atoms with Crippen molar-refractivity contribution < 1.29 is 4.79 Å². The number of rotatable bonds is 3. The van der Waals surface area contributed by atoms with Gasteiger partial charge in [0.15, 0.2) is 0 Å². The van der Waals surface area contributed by atoms with E-state index in [1.165, 1.54) is 32.2 Å². The molecule has 0 bridgehead atoms. The van der Waals surface area contributed by atoms with Gasteiger partial charge in [-0.15, -0.1) is 0 Å². The van der Waals surface area contributed by atoms with E-state index < -0.39 is 0 Å². The van der Waals surface area contributed by atoms with Gasteiger partial charge < -0.3 is 10.2 Å². The Kier molecular flexibility index (Phi) is 4.81. The van der Waals surface area contributed by atoms with Crippen molar-refractivity contribution in [2.24, 2.45) is 5.92 Å². The van der Waals surface area contributed by atoms with Crippen LogP contribution in [0.4, 0.5) is 0 Å². The van der Waals surface area contributed by atoms with Gasteiger partial charge in [-0.05, 0) is 51.5 Å². The zero-order valence-electron chi connectivity index (χ0n) is 11.7. The van der Waals surface area contributed by atoms with Gasteiger partial charge in [0.05, 0.1) is 0 Å². The molecule has 1 N–H and O–H groups in total. The predicted molar refractivity (Wildman–Crippen MR) is 74.4 cm³/mol. The topological polar surface area (TPSA) is 32.3 Å². The van der Waals surface area contributed by atoms with Gasteiger partial charge in [0.2, 0.25) is 5.91 Å². The largest absolute Gasteiger partial charge is 0.339 e. The second kappa shape index (κ2) is 6.37. The third kappa shape index (κ3) is 3.14. The number of allylic oxidation sites excluding steroid dienone is 1. The molecule has 102 valence electrons. The monoisotopic (exact) mass is 250 g/mol. The minimum absolute atomic E-state index is 0.245. The molecule has 2 heterocycles. The Labute approximate surface area is 111 Å². The lowest BCUT2D eigenvalue weighted by Gasteiger charge is -2.35.